The molecule has 21 heavy (non-hydrogen) atoms. The third-order valence-corrected chi connectivity index (χ3v) is 4.64. The SMILES string of the molecule is CCCCCCCC(CC)c1ccc(N(CC)CC)cc1. The first-order chi connectivity index (χ1) is 10.3. The second-order valence-corrected chi connectivity index (χ2v) is 6.07. The highest BCUT2D eigenvalue weighted by Gasteiger charge is 2.10. The predicted octanol–water partition coefficient (Wildman–Crippen LogP) is 6.39. The van der Waals surface area contributed by atoms with Crippen LogP contribution < -0.4 is 4.90 Å². The van der Waals surface area contributed by atoms with Gasteiger partial charge in [0.25, 0.3) is 0 Å². The normalized spacial score (nSPS) is 12.4. The van der Waals surface area contributed by atoms with Gasteiger partial charge in [0, 0.05) is 18.8 Å². The van der Waals surface area contributed by atoms with Gasteiger partial charge in [0.1, 0.15) is 0 Å². The molecule has 1 aromatic carbocycles. The Balaban J connectivity index is 2.52. The maximum atomic E-state index is 2.41. The summed E-state index contributed by atoms with van der Waals surface area (Å²) >= 11 is 0. The van der Waals surface area contributed by atoms with Crippen molar-refractivity contribution in [1.29, 1.82) is 0 Å². The lowest BCUT2D eigenvalue weighted by atomic mass is 9.90. The molecule has 0 radical (unpaired) electrons. The minimum Gasteiger partial charge on any atom is -0.372 e. The molecule has 0 aromatic heterocycles. The number of benzene rings is 1. The molecule has 120 valence electrons. The van der Waals surface area contributed by atoms with Crippen LogP contribution >= 0.6 is 0 Å². The van der Waals surface area contributed by atoms with E-state index in [1.165, 1.54) is 56.2 Å². The zero-order valence-corrected chi connectivity index (χ0v) is 14.7. The lowest BCUT2D eigenvalue weighted by Crippen LogP contribution is -2.21. The van der Waals surface area contributed by atoms with Gasteiger partial charge in [-0.1, -0.05) is 58.1 Å². The minimum atomic E-state index is 0.748. The molecule has 0 heterocycles. The van der Waals surface area contributed by atoms with Gasteiger partial charge in [-0.3, -0.25) is 0 Å². The van der Waals surface area contributed by atoms with Crippen molar-refractivity contribution in [3.63, 3.8) is 0 Å². The molecule has 1 rings (SSSR count). The molecule has 0 aliphatic carbocycles. The van der Waals surface area contributed by atoms with E-state index < -0.39 is 0 Å². The summed E-state index contributed by atoms with van der Waals surface area (Å²) in [6.45, 7) is 11.2. The Kier molecular flexibility index (Phi) is 9.21. The molecule has 0 aliphatic rings. The van der Waals surface area contributed by atoms with Gasteiger partial charge in [-0.05, 0) is 50.3 Å². The van der Waals surface area contributed by atoms with Crippen molar-refractivity contribution in [1.82, 2.24) is 0 Å². The Morgan fingerprint density at radius 2 is 1.43 bits per heavy atom. The fourth-order valence-corrected chi connectivity index (χ4v) is 3.15. The molecule has 0 fully saturated rings. The second-order valence-electron chi connectivity index (χ2n) is 6.07. The minimum absolute atomic E-state index is 0.748. The van der Waals surface area contributed by atoms with E-state index in [0.29, 0.717) is 0 Å². The summed E-state index contributed by atoms with van der Waals surface area (Å²) in [6, 6.07) is 9.33. The van der Waals surface area contributed by atoms with Crippen LogP contribution in [-0.4, -0.2) is 13.1 Å². The van der Waals surface area contributed by atoms with Crippen molar-refractivity contribution < 1.29 is 0 Å². The Morgan fingerprint density at radius 3 is 1.95 bits per heavy atom. The van der Waals surface area contributed by atoms with E-state index >= 15 is 0 Å². The molecule has 0 amide bonds. The largest absolute Gasteiger partial charge is 0.372 e. The van der Waals surface area contributed by atoms with Crippen LogP contribution in [0.15, 0.2) is 24.3 Å². The van der Waals surface area contributed by atoms with Crippen molar-refractivity contribution in [2.75, 3.05) is 18.0 Å². The van der Waals surface area contributed by atoms with Crippen LogP contribution in [-0.2, 0) is 0 Å². The molecule has 0 N–H and O–H groups in total. The molecule has 0 bridgehead atoms. The van der Waals surface area contributed by atoms with Gasteiger partial charge in [-0.2, -0.15) is 0 Å². The van der Waals surface area contributed by atoms with E-state index in [-0.39, 0.29) is 0 Å². The van der Waals surface area contributed by atoms with Gasteiger partial charge in [0.15, 0.2) is 0 Å². The average molecular weight is 290 g/mol. The van der Waals surface area contributed by atoms with E-state index in [9.17, 15) is 0 Å². The summed E-state index contributed by atoms with van der Waals surface area (Å²) in [5, 5.41) is 0. The Bertz CT molecular complexity index is 351. The molecular weight excluding hydrogens is 254 g/mol. The molecule has 0 saturated heterocycles. The summed E-state index contributed by atoms with van der Waals surface area (Å²) in [6.07, 6.45) is 9.55. The standard InChI is InChI=1S/C20H35N/c1-5-9-10-11-12-13-18(6-2)19-14-16-20(17-15-19)21(7-3)8-4/h14-18H,5-13H2,1-4H3. The van der Waals surface area contributed by atoms with Crippen LogP contribution in [0.3, 0.4) is 0 Å². The summed E-state index contributed by atoms with van der Waals surface area (Å²) in [7, 11) is 0. The fraction of sp³-hybridized carbons (Fsp3) is 0.700. The molecule has 1 heteroatoms. The first-order valence-corrected chi connectivity index (χ1v) is 9.11. The zero-order chi connectivity index (χ0) is 15.5. The number of unbranched alkanes of at least 4 members (excludes halogenated alkanes) is 4. The lowest BCUT2D eigenvalue weighted by molar-refractivity contribution is 0.535. The Hall–Kier alpha value is -0.980. The van der Waals surface area contributed by atoms with Gasteiger partial charge in [0.2, 0.25) is 0 Å². The molecule has 0 spiro atoms. The number of nitrogens with zero attached hydrogens (tertiary/aromatic N) is 1. The van der Waals surface area contributed by atoms with Crippen LogP contribution in [0.1, 0.15) is 84.1 Å². The maximum absolute atomic E-state index is 2.41. The zero-order valence-electron chi connectivity index (χ0n) is 14.7. The highest BCUT2D eigenvalue weighted by molar-refractivity contribution is 5.47. The smallest absolute Gasteiger partial charge is 0.0366 e. The highest BCUT2D eigenvalue weighted by atomic mass is 15.1. The molecule has 1 atom stereocenters. The van der Waals surface area contributed by atoms with Crippen LogP contribution in [0, 0.1) is 0 Å². The average Bonchev–Trinajstić information content (AvgIpc) is 2.53. The molecule has 1 aromatic rings. The maximum Gasteiger partial charge on any atom is 0.0366 e. The van der Waals surface area contributed by atoms with Crippen molar-refractivity contribution in [3.8, 4) is 0 Å². The van der Waals surface area contributed by atoms with Crippen LogP contribution in [0.5, 0.6) is 0 Å². The van der Waals surface area contributed by atoms with E-state index in [1.807, 2.05) is 0 Å². The molecular formula is C20H35N. The Morgan fingerprint density at radius 1 is 0.810 bits per heavy atom. The number of rotatable bonds is 11. The topological polar surface area (TPSA) is 3.24 Å². The molecule has 1 nitrogen and oxygen atoms in total. The van der Waals surface area contributed by atoms with Crippen molar-refractivity contribution in [2.45, 2.75) is 78.6 Å². The van der Waals surface area contributed by atoms with E-state index in [2.05, 4.69) is 56.9 Å². The number of hydrogen-bond donors (Lipinski definition) is 0. The lowest BCUT2D eigenvalue weighted by Gasteiger charge is -2.22. The first-order valence-electron chi connectivity index (χ1n) is 9.11. The summed E-state index contributed by atoms with van der Waals surface area (Å²) in [5.74, 6) is 0.748. The summed E-state index contributed by atoms with van der Waals surface area (Å²) in [5.41, 5.74) is 2.89. The third-order valence-electron chi connectivity index (χ3n) is 4.64. The first kappa shape index (κ1) is 18.1. The van der Waals surface area contributed by atoms with Crippen molar-refractivity contribution >= 4 is 5.69 Å². The van der Waals surface area contributed by atoms with Crippen molar-refractivity contribution in [3.05, 3.63) is 29.8 Å². The fourth-order valence-electron chi connectivity index (χ4n) is 3.15. The van der Waals surface area contributed by atoms with Crippen LogP contribution in [0.2, 0.25) is 0 Å². The number of anilines is 1. The van der Waals surface area contributed by atoms with E-state index in [1.54, 1.807) is 0 Å². The van der Waals surface area contributed by atoms with E-state index in [0.717, 1.165) is 19.0 Å². The molecule has 1 unspecified atom stereocenters. The van der Waals surface area contributed by atoms with Crippen LogP contribution in [0.4, 0.5) is 5.69 Å². The van der Waals surface area contributed by atoms with Gasteiger partial charge >= 0.3 is 0 Å². The predicted molar refractivity (Wildman–Crippen MR) is 96.4 cm³/mol. The highest BCUT2D eigenvalue weighted by Crippen LogP contribution is 2.27. The molecule has 0 aliphatic heterocycles. The Labute approximate surface area is 132 Å². The monoisotopic (exact) mass is 289 g/mol. The second kappa shape index (κ2) is 10.7. The van der Waals surface area contributed by atoms with Gasteiger partial charge in [-0.15, -0.1) is 0 Å². The van der Waals surface area contributed by atoms with E-state index in [4.69, 9.17) is 0 Å². The summed E-state index contributed by atoms with van der Waals surface area (Å²) in [4.78, 5) is 2.41. The van der Waals surface area contributed by atoms with Crippen LogP contribution in [0.25, 0.3) is 0 Å². The third kappa shape index (κ3) is 6.11. The summed E-state index contributed by atoms with van der Waals surface area (Å²) < 4.78 is 0. The van der Waals surface area contributed by atoms with Gasteiger partial charge in [-0.25, -0.2) is 0 Å². The van der Waals surface area contributed by atoms with Gasteiger partial charge in [0.05, 0.1) is 0 Å². The number of hydrogen-bond acceptors (Lipinski definition) is 1. The van der Waals surface area contributed by atoms with Crippen molar-refractivity contribution in [2.24, 2.45) is 0 Å². The molecule has 0 saturated carbocycles. The van der Waals surface area contributed by atoms with Gasteiger partial charge < -0.3 is 4.90 Å². The quantitative estimate of drug-likeness (QED) is 0.427.